The number of nitrogens with zero attached hydrogens (tertiary/aromatic N) is 1. The van der Waals surface area contributed by atoms with Gasteiger partial charge in [-0.15, -0.1) is 0 Å². The Bertz CT molecular complexity index is 317. The average Bonchev–Trinajstić information content (AvgIpc) is 2.67. The van der Waals surface area contributed by atoms with E-state index in [1.165, 1.54) is 7.05 Å². The van der Waals surface area contributed by atoms with Crippen LogP contribution in [-0.4, -0.2) is 42.1 Å². The van der Waals surface area contributed by atoms with E-state index in [4.69, 9.17) is 5.11 Å². The van der Waals surface area contributed by atoms with Gasteiger partial charge in [0.15, 0.2) is 0 Å². The van der Waals surface area contributed by atoms with E-state index in [9.17, 15) is 13.2 Å². The van der Waals surface area contributed by atoms with Crippen LogP contribution in [-0.2, 0) is 14.8 Å². The lowest BCUT2D eigenvalue weighted by Gasteiger charge is -2.19. The Labute approximate surface area is 77.4 Å². The van der Waals surface area contributed by atoms with Crippen LogP contribution in [0.25, 0.3) is 0 Å². The smallest absolute Gasteiger partial charge is 0.318 e. The molecule has 0 spiro atoms. The van der Waals surface area contributed by atoms with Crippen LogP contribution in [0.3, 0.4) is 0 Å². The second-order valence-corrected chi connectivity index (χ2v) is 6.16. The highest BCUT2D eigenvalue weighted by Gasteiger charge is 2.52. The third-order valence-electron chi connectivity index (χ3n) is 2.35. The zero-order chi connectivity index (χ0) is 10.3. The molecule has 1 saturated carbocycles. The molecule has 0 aromatic heterocycles. The highest BCUT2D eigenvalue weighted by molar-refractivity contribution is 7.90. The largest absolute Gasteiger partial charge is 0.480 e. The second kappa shape index (κ2) is 2.95. The van der Waals surface area contributed by atoms with Crippen molar-refractivity contribution in [2.75, 3.05) is 13.6 Å². The highest BCUT2D eigenvalue weighted by atomic mass is 32.2. The Morgan fingerprint density at radius 2 is 2.00 bits per heavy atom. The quantitative estimate of drug-likeness (QED) is 0.697. The Balaban J connectivity index is 2.76. The van der Waals surface area contributed by atoms with Crippen molar-refractivity contribution in [3.8, 4) is 0 Å². The van der Waals surface area contributed by atoms with Crippen molar-refractivity contribution in [2.24, 2.45) is 0 Å². The fraction of sp³-hybridized carbons (Fsp3) is 0.857. The number of rotatable bonds is 4. The van der Waals surface area contributed by atoms with Crippen LogP contribution >= 0.6 is 0 Å². The maximum absolute atomic E-state index is 11.6. The molecule has 76 valence electrons. The molecule has 0 atom stereocenters. The number of carboxylic acid groups (broad SMARTS) is 1. The number of sulfonamides is 1. The number of carbonyl (C=O) groups is 1. The molecule has 5 nitrogen and oxygen atoms in total. The molecule has 0 radical (unpaired) electrons. The summed E-state index contributed by atoms with van der Waals surface area (Å²) in [5, 5.41) is 8.43. The number of likely N-dealkylation sites (N-methyl/N-ethyl adjacent to an activating group) is 1. The first-order valence-corrected chi connectivity index (χ1v) is 5.41. The highest BCUT2D eigenvalue weighted by Crippen LogP contribution is 2.44. The van der Waals surface area contributed by atoms with E-state index in [-0.39, 0.29) is 0 Å². The van der Waals surface area contributed by atoms with Crippen LogP contribution in [0.15, 0.2) is 0 Å². The van der Waals surface area contributed by atoms with Crippen LogP contribution < -0.4 is 0 Å². The minimum Gasteiger partial charge on any atom is -0.480 e. The summed E-state index contributed by atoms with van der Waals surface area (Å²) in [6.07, 6.45) is 1.25. The second-order valence-electron chi connectivity index (χ2n) is 3.60. The van der Waals surface area contributed by atoms with E-state index >= 15 is 0 Å². The lowest BCUT2D eigenvalue weighted by atomic mass is 10.5. The van der Waals surface area contributed by atoms with Gasteiger partial charge < -0.3 is 5.11 Å². The minimum absolute atomic E-state index is 0.460. The van der Waals surface area contributed by atoms with Gasteiger partial charge in [-0.05, 0) is 19.8 Å². The number of hydrogen-bond acceptors (Lipinski definition) is 3. The van der Waals surface area contributed by atoms with E-state index in [2.05, 4.69) is 0 Å². The van der Waals surface area contributed by atoms with Gasteiger partial charge >= 0.3 is 5.97 Å². The molecule has 0 aliphatic heterocycles. The average molecular weight is 207 g/mol. The van der Waals surface area contributed by atoms with Gasteiger partial charge in [-0.25, -0.2) is 8.42 Å². The molecule has 0 bridgehead atoms. The zero-order valence-corrected chi connectivity index (χ0v) is 8.47. The van der Waals surface area contributed by atoms with Gasteiger partial charge in [0.1, 0.15) is 6.54 Å². The first kappa shape index (κ1) is 10.5. The molecule has 6 heteroatoms. The molecule has 0 aromatic carbocycles. The standard InChI is InChI=1S/C7H13NO4S/c1-7(3-4-7)13(11,12)8(2)5-6(9)10/h3-5H2,1-2H3,(H,9,10). The summed E-state index contributed by atoms with van der Waals surface area (Å²) >= 11 is 0. The fourth-order valence-electron chi connectivity index (χ4n) is 1.09. The van der Waals surface area contributed by atoms with Gasteiger partial charge in [0.05, 0.1) is 4.75 Å². The summed E-state index contributed by atoms with van der Waals surface area (Å²) in [7, 11) is -2.11. The van der Waals surface area contributed by atoms with Crippen LogP contribution in [0.2, 0.25) is 0 Å². The zero-order valence-electron chi connectivity index (χ0n) is 7.65. The molecule has 0 amide bonds. The molecule has 1 N–H and O–H groups in total. The normalized spacial score (nSPS) is 20.2. The molecule has 1 fully saturated rings. The molecule has 0 saturated heterocycles. The van der Waals surface area contributed by atoms with Crippen molar-refractivity contribution in [2.45, 2.75) is 24.5 Å². The number of carboxylic acids is 1. The lowest BCUT2D eigenvalue weighted by molar-refractivity contribution is -0.137. The Morgan fingerprint density at radius 1 is 1.54 bits per heavy atom. The van der Waals surface area contributed by atoms with Crippen LogP contribution in [0, 0.1) is 0 Å². The van der Waals surface area contributed by atoms with E-state index in [1.54, 1.807) is 6.92 Å². The van der Waals surface area contributed by atoms with E-state index in [0.29, 0.717) is 12.8 Å². The van der Waals surface area contributed by atoms with Crippen LogP contribution in [0.1, 0.15) is 19.8 Å². The predicted octanol–water partition coefficient (Wildman–Crippen LogP) is -0.115. The summed E-state index contributed by atoms with van der Waals surface area (Å²) in [5.74, 6) is -1.13. The van der Waals surface area contributed by atoms with Gasteiger partial charge in [0.25, 0.3) is 0 Å². The summed E-state index contributed by atoms with van der Waals surface area (Å²) in [6.45, 7) is 1.18. The van der Waals surface area contributed by atoms with Gasteiger partial charge in [0, 0.05) is 7.05 Å². The van der Waals surface area contributed by atoms with Crippen molar-refractivity contribution < 1.29 is 18.3 Å². The summed E-state index contributed by atoms with van der Waals surface area (Å²) in [5.41, 5.74) is 0. The van der Waals surface area contributed by atoms with E-state index in [0.717, 1.165) is 4.31 Å². The monoisotopic (exact) mass is 207 g/mol. The molecule has 0 unspecified atom stereocenters. The van der Waals surface area contributed by atoms with Crippen LogP contribution in [0.4, 0.5) is 0 Å². The van der Waals surface area contributed by atoms with E-state index in [1.807, 2.05) is 0 Å². The molecule has 1 aliphatic rings. The molecule has 13 heavy (non-hydrogen) atoms. The van der Waals surface area contributed by atoms with Gasteiger partial charge in [-0.2, -0.15) is 4.31 Å². The molecular weight excluding hydrogens is 194 g/mol. The van der Waals surface area contributed by atoms with Gasteiger partial charge in [-0.1, -0.05) is 0 Å². The van der Waals surface area contributed by atoms with E-state index < -0.39 is 27.3 Å². The first-order valence-electron chi connectivity index (χ1n) is 3.97. The van der Waals surface area contributed by atoms with Crippen molar-refractivity contribution >= 4 is 16.0 Å². The van der Waals surface area contributed by atoms with Crippen molar-refractivity contribution in [1.29, 1.82) is 0 Å². The van der Waals surface area contributed by atoms with Gasteiger partial charge in [-0.3, -0.25) is 4.79 Å². The third-order valence-corrected chi connectivity index (χ3v) is 4.95. The molecule has 1 rings (SSSR count). The minimum atomic E-state index is -3.41. The number of aliphatic carboxylic acids is 1. The Morgan fingerprint density at radius 3 is 2.31 bits per heavy atom. The molecule has 0 heterocycles. The van der Waals surface area contributed by atoms with Crippen molar-refractivity contribution in [1.82, 2.24) is 4.31 Å². The Hall–Kier alpha value is -0.620. The van der Waals surface area contributed by atoms with Gasteiger partial charge in [0.2, 0.25) is 10.0 Å². The first-order chi connectivity index (χ1) is 5.79. The van der Waals surface area contributed by atoms with Crippen molar-refractivity contribution in [3.63, 3.8) is 0 Å². The topological polar surface area (TPSA) is 74.7 Å². The number of hydrogen-bond donors (Lipinski definition) is 1. The Kier molecular flexibility index (Phi) is 2.38. The maximum Gasteiger partial charge on any atom is 0.318 e. The molecule has 1 aliphatic carbocycles. The predicted molar refractivity (Wildman–Crippen MR) is 46.8 cm³/mol. The van der Waals surface area contributed by atoms with Crippen molar-refractivity contribution in [3.05, 3.63) is 0 Å². The SMILES string of the molecule is CN(CC(=O)O)S(=O)(=O)C1(C)CC1. The maximum atomic E-state index is 11.6. The molecule has 0 aromatic rings. The fourth-order valence-corrected chi connectivity index (χ4v) is 2.74. The summed E-state index contributed by atoms with van der Waals surface area (Å²) in [4.78, 5) is 10.3. The van der Waals surface area contributed by atoms with Crippen LogP contribution in [0.5, 0.6) is 0 Å². The lowest BCUT2D eigenvalue weighted by Crippen LogP contribution is -2.38. The third kappa shape index (κ3) is 1.83. The summed E-state index contributed by atoms with van der Waals surface area (Å²) < 4.78 is 23.4. The summed E-state index contributed by atoms with van der Waals surface area (Å²) in [6, 6.07) is 0. The molecular formula is C7H13NO4S.